The summed E-state index contributed by atoms with van der Waals surface area (Å²) in [5.74, 6) is 0. The van der Waals surface area contributed by atoms with Gasteiger partial charge in [-0.25, -0.2) is 0 Å². The fourth-order valence-corrected chi connectivity index (χ4v) is 17.5. The van der Waals surface area contributed by atoms with Crippen LogP contribution in [0.1, 0.15) is 33.4 Å². The standard InChI is InChI=1S/2C21H22As.2BrH.Ni/c2*1-4-10-19(11-5-1)16-22(17-20-12-6-2-7-13-20)18-21-14-8-3-9-15-21;;;/h2*1-15,22H,16-18H2;2*1H;/q;;;;+2/p-2. The van der Waals surface area contributed by atoms with E-state index in [1.165, 1.54) is 75.5 Å². The van der Waals surface area contributed by atoms with Crippen molar-refractivity contribution in [3.63, 3.8) is 0 Å². The maximum atomic E-state index is 3.00. The Morgan fingerprint density at radius 1 is 0.277 bits per heavy atom. The van der Waals surface area contributed by atoms with Gasteiger partial charge in [0.1, 0.15) is 0 Å². The first-order valence-electron chi connectivity index (χ1n) is 15.9. The Morgan fingerprint density at radius 3 is 0.532 bits per heavy atom. The van der Waals surface area contributed by atoms with Gasteiger partial charge in [0.25, 0.3) is 0 Å². The third-order valence-electron chi connectivity index (χ3n) is 7.78. The molecule has 0 nitrogen and oxygen atoms in total. The molecule has 0 saturated heterocycles. The van der Waals surface area contributed by atoms with Crippen LogP contribution in [0.2, 0.25) is 0 Å². The SMILES string of the molecule is [Br][Ni][Br].c1ccc(C[AsH](Cc2ccccc2)Cc2ccccc2)cc1.c1ccc(C[AsH](Cc2ccccc2)Cc2ccccc2)cc1. The quantitative estimate of drug-likeness (QED) is 0.107. The van der Waals surface area contributed by atoms with E-state index in [1.807, 2.05) is 0 Å². The second-order valence-corrected chi connectivity index (χ2v) is 27.2. The van der Waals surface area contributed by atoms with Gasteiger partial charge in [-0.2, -0.15) is 0 Å². The van der Waals surface area contributed by atoms with Gasteiger partial charge in [0.05, 0.1) is 0 Å². The molecule has 6 aromatic rings. The van der Waals surface area contributed by atoms with Gasteiger partial charge in [0.2, 0.25) is 0 Å². The van der Waals surface area contributed by atoms with Crippen LogP contribution in [0.25, 0.3) is 0 Å². The van der Waals surface area contributed by atoms with Gasteiger partial charge >= 0.3 is 315 Å². The molecule has 246 valence electrons. The van der Waals surface area contributed by atoms with Crippen LogP contribution in [0.5, 0.6) is 0 Å². The second kappa shape index (κ2) is 23.3. The third kappa shape index (κ3) is 15.8. The zero-order valence-corrected chi connectivity index (χ0v) is 35.0. The fraction of sp³-hybridized carbons (Fsp3) is 0.143. The van der Waals surface area contributed by atoms with Crippen molar-refractivity contribution in [2.24, 2.45) is 0 Å². The van der Waals surface area contributed by atoms with Gasteiger partial charge in [-0.1, -0.05) is 0 Å². The number of benzene rings is 6. The minimum absolute atomic E-state index is 1.22. The van der Waals surface area contributed by atoms with Gasteiger partial charge in [0.15, 0.2) is 0 Å². The van der Waals surface area contributed by atoms with Crippen LogP contribution in [-0.2, 0) is 42.1 Å². The molecule has 47 heavy (non-hydrogen) atoms. The molecule has 0 atom stereocenters. The Kier molecular flexibility index (Phi) is 18.7. The van der Waals surface area contributed by atoms with Gasteiger partial charge in [0, 0.05) is 0 Å². The Hall–Kier alpha value is -2.11. The molecule has 6 aromatic carbocycles. The van der Waals surface area contributed by atoms with E-state index in [0.717, 1.165) is 0 Å². The molecule has 0 unspecified atom stereocenters. The first kappa shape index (κ1) is 37.7. The van der Waals surface area contributed by atoms with E-state index in [4.69, 9.17) is 0 Å². The summed E-state index contributed by atoms with van der Waals surface area (Å²) in [6.45, 7) is 0. The Bertz CT molecular complexity index is 1290. The van der Waals surface area contributed by atoms with Gasteiger partial charge in [-0.05, 0) is 0 Å². The molecule has 5 heteroatoms. The number of hydrogen-bond acceptors (Lipinski definition) is 0. The molecule has 0 amide bonds. The number of hydrogen-bond donors (Lipinski definition) is 0. The zero-order valence-electron chi connectivity index (χ0n) is 26.6. The molecule has 0 heterocycles. The molecule has 0 aliphatic rings. The van der Waals surface area contributed by atoms with Crippen molar-refractivity contribution in [3.8, 4) is 0 Å². The molecule has 0 fully saturated rings. The maximum absolute atomic E-state index is 3.00. The van der Waals surface area contributed by atoms with E-state index < -0.39 is 29.3 Å². The number of rotatable bonds is 12. The monoisotopic (exact) mass is 914 g/mol. The van der Waals surface area contributed by atoms with E-state index in [-0.39, 0.29) is 0 Å². The molecular formula is C42H44As2Br2Ni. The molecule has 0 spiro atoms. The summed E-state index contributed by atoms with van der Waals surface area (Å²) in [4.78, 5) is 0. The summed E-state index contributed by atoms with van der Waals surface area (Å²) >= 11 is 3.55. The van der Waals surface area contributed by atoms with E-state index >= 15 is 0 Å². The van der Waals surface area contributed by atoms with Crippen molar-refractivity contribution in [1.82, 2.24) is 0 Å². The predicted octanol–water partition coefficient (Wildman–Crippen LogP) is 10.8. The van der Waals surface area contributed by atoms with Crippen molar-refractivity contribution in [1.29, 1.82) is 0 Å². The van der Waals surface area contributed by atoms with Crippen LogP contribution in [0.3, 0.4) is 0 Å². The molecule has 0 aliphatic carbocycles. The summed E-state index contributed by atoms with van der Waals surface area (Å²) in [6.07, 6.45) is 0. The van der Waals surface area contributed by atoms with Crippen LogP contribution in [0, 0.1) is 0 Å². The summed E-state index contributed by atoms with van der Waals surface area (Å²) in [5.41, 5.74) is 9.02. The first-order valence-corrected chi connectivity index (χ1v) is 29.7. The summed E-state index contributed by atoms with van der Waals surface area (Å²) < 4.78 is 0. The van der Waals surface area contributed by atoms with Gasteiger partial charge in [-0.15, -0.1) is 0 Å². The number of halogens is 2. The Labute approximate surface area is 312 Å². The molecule has 6 rings (SSSR count). The van der Waals surface area contributed by atoms with Crippen molar-refractivity contribution in [2.75, 3.05) is 0 Å². The third-order valence-corrected chi connectivity index (χ3v) is 19.2. The summed E-state index contributed by atoms with van der Waals surface area (Å²) in [6, 6.07) is 66.0. The molecule has 2 radical (unpaired) electrons. The molecular weight excluding hydrogens is 873 g/mol. The normalized spacial score (nSPS) is 10.6. The topological polar surface area (TPSA) is 0 Å². The van der Waals surface area contributed by atoms with E-state index in [9.17, 15) is 0 Å². The molecule has 0 saturated carbocycles. The molecule has 0 aliphatic heterocycles. The molecule has 0 N–H and O–H groups in total. The van der Waals surface area contributed by atoms with Crippen LogP contribution >= 0.6 is 28.5 Å². The Morgan fingerprint density at radius 2 is 0.404 bits per heavy atom. The van der Waals surface area contributed by atoms with Crippen molar-refractivity contribution in [2.45, 2.75) is 31.3 Å². The van der Waals surface area contributed by atoms with Crippen LogP contribution in [-0.4, -0.2) is 29.3 Å². The Balaban J connectivity index is 0.000000197. The average molecular weight is 917 g/mol. The molecule has 0 bridgehead atoms. The van der Waals surface area contributed by atoms with Crippen LogP contribution < -0.4 is 0 Å². The summed E-state index contributed by atoms with van der Waals surface area (Å²) in [5, 5.41) is 7.78. The predicted molar refractivity (Wildman–Crippen MR) is 213 cm³/mol. The minimum atomic E-state index is -1.22. The van der Waals surface area contributed by atoms with E-state index in [0.29, 0.717) is 0 Å². The van der Waals surface area contributed by atoms with Gasteiger partial charge < -0.3 is 0 Å². The zero-order chi connectivity index (χ0) is 32.8. The van der Waals surface area contributed by atoms with Crippen molar-refractivity contribution in [3.05, 3.63) is 215 Å². The van der Waals surface area contributed by atoms with E-state index in [2.05, 4.69) is 210 Å². The van der Waals surface area contributed by atoms with Gasteiger partial charge in [-0.3, -0.25) is 0 Å². The van der Waals surface area contributed by atoms with Crippen LogP contribution in [0.15, 0.2) is 182 Å². The van der Waals surface area contributed by atoms with Crippen molar-refractivity contribution >= 4 is 57.8 Å². The fourth-order valence-electron chi connectivity index (χ4n) is 5.68. The first-order chi connectivity index (χ1) is 23.2. The van der Waals surface area contributed by atoms with E-state index in [1.54, 1.807) is 0 Å². The van der Waals surface area contributed by atoms with Crippen molar-refractivity contribution < 1.29 is 10.9 Å². The summed E-state index contributed by atoms with van der Waals surface area (Å²) in [7, 11) is 1.25. The average Bonchev–Trinajstić information content (AvgIpc) is 3.12. The second-order valence-electron chi connectivity index (χ2n) is 11.5. The van der Waals surface area contributed by atoms with Crippen LogP contribution in [0.4, 0.5) is 0 Å². The molecule has 0 aromatic heterocycles.